The fourth-order valence-electron chi connectivity index (χ4n) is 3.15. The van der Waals surface area contributed by atoms with Crippen molar-refractivity contribution in [3.63, 3.8) is 0 Å². The van der Waals surface area contributed by atoms with Crippen LogP contribution in [0, 0.1) is 6.92 Å². The Labute approximate surface area is 153 Å². The highest BCUT2D eigenvalue weighted by Gasteiger charge is 2.34. The quantitative estimate of drug-likeness (QED) is 0.864. The van der Waals surface area contributed by atoms with Gasteiger partial charge in [-0.25, -0.2) is 0 Å². The number of ether oxygens (including phenoxy) is 2. The molecule has 1 aliphatic heterocycles. The van der Waals surface area contributed by atoms with Gasteiger partial charge >= 0.3 is 0 Å². The summed E-state index contributed by atoms with van der Waals surface area (Å²) in [5, 5.41) is 3.54. The van der Waals surface area contributed by atoms with Crippen molar-refractivity contribution in [2.24, 2.45) is 0 Å². The highest BCUT2D eigenvalue weighted by atomic mass is 35.5. The minimum atomic E-state index is -0.349. The smallest absolute Gasteiger partial charge is 0.251 e. The van der Waals surface area contributed by atoms with Crippen molar-refractivity contribution in [2.45, 2.75) is 38.8 Å². The van der Waals surface area contributed by atoms with Crippen LogP contribution in [0.3, 0.4) is 0 Å². The molecule has 1 atom stereocenters. The van der Waals surface area contributed by atoms with Gasteiger partial charge in [0.2, 0.25) is 0 Å². The third-order valence-corrected chi connectivity index (χ3v) is 4.64. The third kappa shape index (κ3) is 3.74. The number of fused-ring (bicyclic) bond motifs is 1. The van der Waals surface area contributed by atoms with Gasteiger partial charge in [-0.2, -0.15) is 0 Å². The summed E-state index contributed by atoms with van der Waals surface area (Å²) in [6.45, 7) is 6.08. The largest absolute Gasteiger partial charge is 0.495 e. The van der Waals surface area contributed by atoms with E-state index in [1.54, 1.807) is 25.3 Å². The van der Waals surface area contributed by atoms with E-state index < -0.39 is 0 Å². The number of halogens is 1. The van der Waals surface area contributed by atoms with E-state index in [4.69, 9.17) is 21.1 Å². The number of carbonyl (C=O) groups is 1. The molecule has 25 heavy (non-hydrogen) atoms. The molecule has 0 aliphatic carbocycles. The molecule has 0 radical (unpaired) electrons. The van der Waals surface area contributed by atoms with Gasteiger partial charge in [0.25, 0.3) is 5.91 Å². The molecule has 5 heteroatoms. The molecule has 0 fully saturated rings. The van der Waals surface area contributed by atoms with Crippen molar-refractivity contribution in [3.05, 3.63) is 58.1 Å². The molecule has 4 nitrogen and oxygen atoms in total. The average Bonchev–Trinajstić information content (AvgIpc) is 2.54. The maximum atomic E-state index is 12.7. The summed E-state index contributed by atoms with van der Waals surface area (Å²) < 4.78 is 11.2. The Morgan fingerprint density at radius 3 is 2.72 bits per heavy atom. The number of methoxy groups -OCH3 is 1. The maximum absolute atomic E-state index is 12.7. The predicted octanol–water partition coefficient (Wildman–Crippen LogP) is 4.69. The van der Waals surface area contributed by atoms with E-state index in [0.29, 0.717) is 22.8 Å². The molecule has 2 aromatic rings. The lowest BCUT2D eigenvalue weighted by atomic mass is 9.88. The highest BCUT2D eigenvalue weighted by molar-refractivity contribution is 6.32. The van der Waals surface area contributed by atoms with E-state index in [1.165, 1.54) is 0 Å². The molecule has 2 aromatic carbocycles. The molecule has 1 heterocycles. The van der Waals surface area contributed by atoms with Gasteiger partial charge in [0.15, 0.2) is 0 Å². The van der Waals surface area contributed by atoms with Gasteiger partial charge in [-0.1, -0.05) is 29.3 Å². The Morgan fingerprint density at radius 2 is 2.04 bits per heavy atom. The van der Waals surface area contributed by atoms with Crippen molar-refractivity contribution >= 4 is 17.5 Å². The number of nitrogens with one attached hydrogen (secondary N) is 1. The number of hydrogen-bond acceptors (Lipinski definition) is 3. The Morgan fingerprint density at radius 1 is 1.28 bits per heavy atom. The fourth-order valence-corrected chi connectivity index (χ4v) is 3.41. The molecule has 1 amide bonds. The second-order valence-electron chi connectivity index (χ2n) is 6.98. The molecule has 3 rings (SSSR count). The van der Waals surface area contributed by atoms with Crippen LogP contribution in [-0.2, 0) is 0 Å². The summed E-state index contributed by atoms with van der Waals surface area (Å²) >= 11 is 6.14. The summed E-state index contributed by atoms with van der Waals surface area (Å²) in [6, 6.07) is 11.0. The number of hydrogen-bond donors (Lipinski definition) is 1. The van der Waals surface area contributed by atoms with E-state index in [1.807, 2.05) is 32.9 Å². The summed E-state index contributed by atoms with van der Waals surface area (Å²) in [5.41, 5.74) is 2.29. The summed E-state index contributed by atoms with van der Waals surface area (Å²) in [4.78, 5) is 12.7. The van der Waals surface area contributed by atoms with Crippen molar-refractivity contribution in [1.82, 2.24) is 5.32 Å². The van der Waals surface area contributed by atoms with Crippen LogP contribution in [0.1, 0.15) is 47.8 Å². The lowest BCUT2D eigenvalue weighted by Crippen LogP contribution is -2.41. The van der Waals surface area contributed by atoms with Gasteiger partial charge in [-0.05, 0) is 45.0 Å². The zero-order valence-corrected chi connectivity index (χ0v) is 15.6. The van der Waals surface area contributed by atoms with Crippen LogP contribution in [0.4, 0.5) is 0 Å². The van der Waals surface area contributed by atoms with Crippen LogP contribution < -0.4 is 14.8 Å². The van der Waals surface area contributed by atoms with Crippen LogP contribution in [0.2, 0.25) is 5.02 Å². The van der Waals surface area contributed by atoms with E-state index in [0.717, 1.165) is 16.9 Å². The van der Waals surface area contributed by atoms with Gasteiger partial charge in [0, 0.05) is 17.5 Å². The SMILES string of the molecule is COc1ccc(C(=O)NC2CC(C)(C)Oc3ccc(C)cc32)cc1Cl. The standard InChI is InChI=1S/C20H22ClNO3/c1-12-5-7-17-14(9-12)16(11-20(2,3)25-17)22-19(23)13-6-8-18(24-4)15(21)10-13/h5-10,16H,11H2,1-4H3,(H,22,23). The van der Waals surface area contributed by atoms with E-state index in [-0.39, 0.29) is 17.6 Å². The van der Waals surface area contributed by atoms with Crippen molar-refractivity contribution < 1.29 is 14.3 Å². The molecule has 1 N–H and O–H groups in total. The van der Waals surface area contributed by atoms with Gasteiger partial charge < -0.3 is 14.8 Å². The van der Waals surface area contributed by atoms with Gasteiger partial charge in [0.05, 0.1) is 18.2 Å². The first kappa shape index (κ1) is 17.6. The Bertz CT molecular complexity index is 817. The van der Waals surface area contributed by atoms with Crippen LogP contribution >= 0.6 is 11.6 Å². The molecule has 1 aliphatic rings. The topological polar surface area (TPSA) is 47.6 Å². The minimum absolute atomic E-state index is 0.118. The van der Waals surface area contributed by atoms with Gasteiger partial charge in [-0.3, -0.25) is 4.79 Å². The molecule has 0 aromatic heterocycles. The first-order chi connectivity index (χ1) is 11.8. The van der Waals surface area contributed by atoms with Crippen LogP contribution in [0.5, 0.6) is 11.5 Å². The van der Waals surface area contributed by atoms with E-state index in [2.05, 4.69) is 11.4 Å². The molecular formula is C20H22ClNO3. The Kier molecular flexibility index (Phi) is 4.65. The number of rotatable bonds is 3. The monoisotopic (exact) mass is 359 g/mol. The number of aryl methyl sites for hydroxylation is 1. The number of amides is 1. The maximum Gasteiger partial charge on any atom is 0.251 e. The summed E-state index contributed by atoms with van der Waals surface area (Å²) in [5.74, 6) is 1.20. The second-order valence-corrected chi connectivity index (χ2v) is 7.39. The third-order valence-electron chi connectivity index (χ3n) is 4.34. The first-order valence-corrected chi connectivity index (χ1v) is 8.61. The number of benzene rings is 2. The van der Waals surface area contributed by atoms with Crippen molar-refractivity contribution in [1.29, 1.82) is 0 Å². The van der Waals surface area contributed by atoms with E-state index in [9.17, 15) is 4.79 Å². The molecule has 0 bridgehead atoms. The minimum Gasteiger partial charge on any atom is -0.495 e. The fraction of sp³-hybridized carbons (Fsp3) is 0.350. The van der Waals surface area contributed by atoms with Gasteiger partial charge in [0.1, 0.15) is 17.1 Å². The normalized spacial score (nSPS) is 18.0. The second kappa shape index (κ2) is 6.60. The average molecular weight is 360 g/mol. The summed E-state index contributed by atoms with van der Waals surface area (Å²) in [6.07, 6.45) is 0.694. The Hall–Kier alpha value is -2.20. The molecular weight excluding hydrogens is 338 g/mol. The first-order valence-electron chi connectivity index (χ1n) is 8.23. The van der Waals surface area contributed by atoms with Crippen LogP contribution in [0.25, 0.3) is 0 Å². The van der Waals surface area contributed by atoms with Crippen molar-refractivity contribution in [3.8, 4) is 11.5 Å². The molecule has 0 saturated heterocycles. The molecule has 132 valence electrons. The van der Waals surface area contributed by atoms with Crippen LogP contribution in [-0.4, -0.2) is 18.6 Å². The van der Waals surface area contributed by atoms with E-state index >= 15 is 0 Å². The predicted molar refractivity (Wildman–Crippen MR) is 98.7 cm³/mol. The number of carbonyl (C=O) groups excluding carboxylic acids is 1. The molecule has 1 unspecified atom stereocenters. The lowest BCUT2D eigenvalue weighted by molar-refractivity contribution is 0.0619. The zero-order valence-electron chi connectivity index (χ0n) is 14.9. The van der Waals surface area contributed by atoms with Crippen molar-refractivity contribution in [2.75, 3.05) is 7.11 Å². The molecule has 0 saturated carbocycles. The van der Waals surface area contributed by atoms with Gasteiger partial charge in [-0.15, -0.1) is 0 Å². The lowest BCUT2D eigenvalue weighted by Gasteiger charge is -2.38. The highest BCUT2D eigenvalue weighted by Crippen LogP contribution is 2.40. The van der Waals surface area contributed by atoms with Crippen LogP contribution in [0.15, 0.2) is 36.4 Å². The molecule has 0 spiro atoms. The summed E-state index contributed by atoms with van der Waals surface area (Å²) in [7, 11) is 1.55. The zero-order chi connectivity index (χ0) is 18.2. The Balaban J connectivity index is 1.88.